The van der Waals surface area contributed by atoms with Crippen molar-refractivity contribution in [2.24, 2.45) is 0 Å². The van der Waals surface area contributed by atoms with E-state index in [4.69, 9.17) is 0 Å². The second-order valence-electron chi connectivity index (χ2n) is 2.76. The Balaban J connectivity index is 0.000000206. The SMILES string of the molecule is O=C1CCC[N-]1.O=C1CCC[N-]1.[Ca+2]. The first-order valence-electron chi connectivity index (χ1n) is 4.20. The van der Waals surface area contributed by atoms with Gasteiger partial charge in [0.15, 0.2) is 0 Å². The normalized spacial score (nSPS) is 19.4. The summed E-state index contributed by atoms with van der Waals surface area (Å²) >= 11 is 0. The molecule has 0 aromatic carbocycles. The third kappa shape index (κ3) is 6.29. The summed E-state index contributed by atoms with van der Waals surface area (Å²) in [6, 6.07) is 0. The molecule has 2 aliphatic heterocycles. The molecule has 0 bridgehead atoms. The number of carbonyl (C=O) groups excluding carboxylic acids is 2. The zero-order valence-corrected chi connectivity index (χ0v) is 9.87. The molecule has 2 heterocycles. The molecule has 0 radical (unpaired) electrons. The van der Waals surface area contributed by atoms with Crippen molar-refractivity contribution in [3.05, 3.63) is 10.6 Å². The summed E-state index contributed by atoms with van der Waals surface area (Å²) in [6.07, 6.45) is 3.30. The zero-order valence-electron chi connectivity index (χ0n) is 7.66. The maximum Gasteiger partial charge on any atom is 2.00 e. The van der Waals surface area contributed by atoms with Gasteiger partial charge in [0.25, 0.3) is 0 Å². The van der Waals surface area contributed by atoms with Crippen LogP contribution in [0.2, 0.25) is 0 Å². The molecule has 0 saturated carbocycles. The zero-order chi connectivity index (χ0) is 8.81. The largest absolute Gasteiger partial charge is 2.00 e. The fraction of sp³-hybridized carbons (Fsp3) is 0.750. The van der Waals surface area contributed by atoms with E-state index in [0.717, 1.165) is 25.9 Å². The number of nitrogens with zero attached hydrogens (tertiary/aromatic N) is 2. The van der Waals surface area contributed by atoms with E-state index in [0.29, 0.717) is 12.8 Å². The number of hydrogen-bond donors (Lipinski definition) is 0. The Labute approximate surface area is 108 Å². The van der Waals surface area contributed by atoms with Crippen molar-refractivity contribution in [1.82, 2.24) is 0 Å². The minimum atomic E-state index is 0. The molecule has 0 aliphatic carbocycles. The quantitative estimate of drug-likeness (QED) is 0.557. The van der Waals surface area contributed by atoms with Crippen molar-refractivity contribution in [1.29, 1.82) is 0 Å². The Morgan fingerprint density at radius 1 is 0.846 bits per heavy atom. The maximum atomic E-state index is 10.1. The van der Waals surface area contributed by atoms with E-state index in [9.17, 15) is 9.59 Å². The van der Waals surface area contributed by atoms with Gasteiger partial charge in [-0.2, -0.15) is 0 Å². The van der Waals surface area contributed by atoms with Gasteiger partial charge in [0.2, 0.25) is 0 Å². The van der Waals surface area contributed by atoms with Gasteiger partial charge >= 0.3 is 37.7 Å². The maximum absolute atomic E-state index is 10.1. The molecule has 0 unspecified atom stereocenters. The molecule has 0 spiro atoms. The number of carbonyl (C=O) groups is 2. The summed E-state index contributed by atoms with van der Waals surface area (Å²) in [5.74, 6) is 0.157. The van der Waals surface area contributed by atoms with Gasteiger partial charge in [-0.05, 0) is 12.8 Å². The summed E-state index contributed by atoms with van der Waals surface area (Å²) in [7, 11) is 0. The van der Waals surface area contributed by atoms with Gasteiger partial charge in [0, 0.05) is 0 Å². The van der Waals surface area contributed by atoms with Crippen molar-refractivity contribution in [2.75, 3.05) is 13.1 Å². The van der Waals surface area contributed by atoms with Gasteiger partial charge < -0.3 is 20.2 Å². The Kier molecular flexibility index (Phi) is 7.71. The summed E-state index contributed by atoms with van der Waals surface area (Å²) in [5, 5.41) is 7.19. The van der Waals surface area contributed by atoms with E-state index in [1.54, 1.807) is 0 Å². The second kappa shape index (κ2) is 7.59. The van der Waals surface area contributed by atoms with Crippen molar-refractivity contribution < 1.29 is 9.59 Å². The van der Waals surface area contributed by atoms with Gasteiger partial charge in [-0.25, -0.2) is 0 Å². The molecule has 0 aromatic rings. The van der Waals surface area contributed by atoms with Crippen molar-refractivity contribution >= 4 is 49.6 Å². The Bertz CT molecular complexity index is 149. The second-order valence-corrected chi connectivity index (χ2v) is 2.76. The van der Waals surface area contributed by atoms with Crippen LogP contribution in [0, 0.1) is 0 Å². The van der Waals surface area contributed by atoms with Crippen LogP contribution in [0.15, 0.2) is 0 Å². The van der Waals surface area contributed by atoms with E-state index >= 15 is 0 Å². The third-order valence-electron chi connectivity index (χ3n) is 1.67. The molecular formula is C8H12CaN2O2. The average Bonchev–Trinajstić information content (AvgIpc) is 2.63. The van der Waals surface area contributed by atoms with Crippen LogP contribution in [0.4, 0.5) is 0 Å². The molecule has 0 aromatic heterocycles. The fourth-order valence-electron chi connectivity index (χ4n) is 1.03. The molecule has 68 valence electrons. The van der Waals surface area contributed by atoms with Crippen LogP contribution in [0.1, 0.15) is 25.7 Å². The van der Waals surface area contributed by atoms with E-state index in [2.05, 4.69) is 10.6 Å². The first-order valence-corrected chi connectivity index (χ1v) is 4.20. The van der Waals surface area contributed by atoms with Gasteiger partial charge in [-0.15, -0.1) is 13.1 Å². The molecule has 4 nitrogen and oxygen atoms in total. The smallest absolute Gasteiger partial charge is 0.653 e. The summed E-state index contributed by atoms with van der Waals surface area (Å²) in [6.45, 7) is 1.53. The Hall–Kier alpha value is 0.200. The van der Waals surface area contributed by atoms with Gasteiger partial charge in [0.1, 0.15) is 0 Å². The number of amides is 2. The molecule has 13 heavy (non-hydrogen) atoms. The van der Waals surface area contributed by atoms with Gasteiger partial charge in [-0.3, -0.25) is 0 Å². The fourth-order valence-corrected chi connectivity index (χ4v) is 1.03. The van der Waals surface area contributed by atoms with Crippen LogP contribution in [0.5, 0.6) is 0 Å². The summed E-state index contributed by atoms with van der Waals surface area (Å²) in [4.78, 5) is 20.2. The first kappa shape index (κ1) is 13.2. The van der Waals surface area contributed by atoms with E-state index in [-0.39, 0.29) is 49.6 Å². The molecule has 2 saturated heterocycles. The number of hydrogen-bond acceptors (Lipinski definition) is 2. The molecule has 0 atom stereocenters. The molecule has 2 fully saturated rings. The Morgan fingerprint density at radius 3 is 1.31 bits per heavy atom. The van der Waals surface area contributed by atoms with Crippen molar-refractivity contribution in [3.8, 4) is 0 Å². The minimum absolute atomic E-state index is 0. The molecule has 2 amide bonds. The predicted octanol–water partition coefficient (Wildman–Crippen LogP) is 0.980. The van der Waals surface area contributed by atoms with Crippen LogP contribution in [0.25, 0.3) is 10.6 Å². The average molecular weight is 208 g/mol. The monoisotopic (exact) mass is 208 g/mol. The van der Waals surface area contributed by atoms with Crippen LogP contribution in [-0.4, -0.2) is 62.6 Å². The molecule has 2 rings (SSSR count). The standard InChI is InChI=1S/2C4H7NO.Ca/c2*6-4-2-1-3-5-4;/h2*1-3H2,(H,5,6);/q;;+2/p-2. The van der Waals surface area contributed by atoms with Crippen LogP contribution >= 0.6 is 0 Å². The summed E-state index contributed by atoms with van der Waals surface area (Å²) in [5.41, 5.74) is 0. The van der Waals surface area contributed by atoms with Crippen molar-refractivity contribution in [3.63, 3.8) is 0 Å². The third-order valence-corrected chi connectivity index (χ3v) is 1.67. The molecule has 0 N–H and O–H groups in total. The van der Waals surface area contributed by atoms with E-state index in [1.807, 2.05) is 0 Å². The minimum Gasteiger partial charge on any atom is -0.653 e. The van der Waals surface area contributed by atoms with Crippen LogP contribution in [-0.2, 0) is 9.59 Å². The summed E-state index contributed by atoms with van der Waals surface area (Å²) < 4.78 is 0. The Morgan fingerprint density at radius 2 is 1.23 bits per heavy atom. The number of rotatable bonds is 0. The van der Waals surface area contributed by atoms with Crippen molar-refractivity contribution in [2.45, 2.75) is 25.7 Å². The van der Waals surface area contributed by atoms with Crippen LogP contribution < -0.4 is 0 Å². The molecular weight excluding hydrogens is 196 g/mol. The van der Waals surface area contributed by atoms with Gasteiger partial charge in [0.05, 0.1) is 11.8 Å². The van der Waals surface area contributed by atoms with Gasteiger partial charge in [-0.1, -0.05) is 12.8 Å². The molecule has 2 aliphatic rings. The topological polar surface area (TPSA) is 62.3 Å². The van der Waals surface area contributed by atoms with E-state index in [1.165, 1.54) is 0 Å². The van der Waals surface area contributed by atoms with E-state index < -0.39 is 0 Å². The first-order chi connectivity index (χ1) is 5.79. The predicted molar refractivity (Wildman–Crippen MR) is 50.7 cm³/mol. The van der Waals surface area contributed by atoms with Crippen LogP contribution in [0.3, 0.4) is 0 Å². The molecule has 5 heteroatoms.